The molecule has 8 heteroatoms. The Balaban J connectivity index is 3.13. The molecule has 0 spiro atoms. The summed E-state index contributed by atoms with van der Waals surface area (Å²) in [7, 11) is -5.41. The molecule has 0 aliphatic heterocycles. The second-order valence-electron chi connectivity index (χ2n) is 4.58. The Labute approximate surface area is 115 Å². The molecule has 0 fully saturated rings. The van der Waals surface area contributed by atoms with Gasteiger partial charge in [0.25, 0.3) is 9.84 Å². The maximum absolute atomic E-state index is 12.6. The minimum absolute atomic E-state index is 0.127. The van der Waals surface area contributed by atoms with E-state index in [1.54, 1.807) is 6.92 Å². The SMILES string of the molecule is CC(O)CC(C)Nc1ccccc1S(=O)(=O)C(F)(F)F. The molecule has 2 unspecified atom stereocenters. The van der Waals surface area contributed by atoms with E-state index in [2.05, 4.69) is 5.32 Å². The van der Waals surface area contributed by atoms with E-state index in [1.165, 1.54) is 25.1 Å². The Kier molecular flexibility index (Phi) is 5.04. The molecule has 0 radical (unpaired) electrons. The molecule has 1 aromatic carbocycles. The van der Waals surface area contributed by atoms with Gasteiger partial charge in [-0.2, -0.15) is 13.2 Å². The van der Waals surface area contributed by atoms with Crippen molar-refractivity contribution in [2.24, 2.45) is 0 Å². The van der Waals surface area contributed by atoms with E-state index in [-0.39, 0.29) is 18.2 Å². The maximum atomic E-state index is 12.6. The second kappa shape index (κ2) is 6.01. The minimum Gasteiger partial charge on any atom is -0.393 e. The molecule has 4 nitrogen and oxygen atoms in total. The summed E-state index contributed by atoms with van der Waals surface area (Å²) in [6.07, 6.45) is -0.371. The average Bonchev–Trinajstić information content (AvgIpc) is 2.26. The Morgan fingerprint density at radius 1 is 1.25 bits per heavy atom. The smallest absolute Gasteiger partial charge is 0.393 e. The number of alkyl halides is 3. The van der Waals surface area contributed by atoms with Gasteiger partial charge >= 0.3 is 5.51 Å². The molecule has 1 aromatic rings. The van der Waals surface area contributed by atoms with E-state index in [0.717, 1.165) is 6.07 Å². The highest BCUT2D eigenvalue weighted by molar-refractivity contribution is 7.92. The van der Waals surface area contributed by atoms with Crippen LogP contribution in [0.4, 0.5) is 18.9 Å². The first-order valence-corrected chi connectivity index (χ1v) is 7.39. The van der Waals surface area contributed by atoms with E-state index in [0.29, 0.717) is 0 Å². The van der Waals surface area contributed by atoms with Crippen molar-refractivity contribution >= 4 is 15.5 Å². The molecule has 0 heterocycles. The van der Waals surface area contributed by atoms with Crippen molar-refractivity contribution in [1.82, 2.24) is 0 Å². The van der Waals surface area contributed by atoms with Gasteiger partial charge in [0.2, 0.25) is 0 Å². The van der Waals surface area contributed by atoms with Gasteiger partial charge in [0.05, 0.1) is 16.7 Å². The molecule has 0 amide bonds. The van der Waals surface area contributed by atoms with Gasteiger partial charge in [-0.3, -0.25) is 0 Å². The van der Waals surface area contributed by atoms with E-state index in [9.17, 15) is 26.7 Å². The lowest BCUT2D eigenvalue weighted by molar-refractivity contribution is -0.0435. The van der Waals surface area contributed by atoms with E-state index in [1.807, 2.05) is 0 Å². The number of aliphatic hydroxyl groups excluding tert-OH is 1. The molecule has 2 N–H and O–H groups in total. The van der Waals surface area contributed by atoms with Crippen molar-refractivity contribution in [2.45, 2.75) is 42.8 Å². The highest BCUT2D eigenvalue weighted by Gasteiger charge is 2.47. The lowest BCUT2D eigenvalue weighted by Crippen LogP contribution is -2.26. The standard InChI is InChI=1S/C12H16F3NO3S/c1-8(7-9(2)17)16-10-5-3-4-6-11(10)20(18,19)12(13,14)15/h3-6,8-9,16-17H,7H2,1-2H3. The summed E-state index contributed by atoms with van der Waals surface area (Å²) in [4.78, 5) is -0.815. The van der Waals surface area contributed by atoms with Gasteiger partial charge in [0.15, 0.2) is 0 Å². The zero-order valence-corrected chi connectivity index (χ0v) is 11.8. The fraction of sp³-hybridized carbons (Fsp3) is 0.500. The van der Waals surface area contributed by atoms with Crippen LogP contribution in [0, 0.1) is 0 Å². The zero-order valence-electron chi connectivity index (χ0n) is 11.0. The predicted molar refractivity (Wildman–Crippen MR) is 69.1 cm³/mol. The third-order valence-corrected chi connectivity index (χ3v) is 4.12. The molecular formula is C12H16F3NO3S. The van der Waals surface area contributed by atoms with Crippen molar-refractivity contribution in [3.63, 3.8) is 0 Å². The van der Waals surface area contributed by atoms with Crippen molar-refractivity contribution in [3.05, 3.63) is 24.3 Å². The first-order valence-electron chi connectivity index (χ1n) is 5.90. The monoisotopic (exact) mass is 311 g/mol. The summed E-state index contributed by atoms with van der Waals surface area (Å²) in [6.45, 7) is 3.18. The molecular weight excluding hydrogens is 295 g/mol. The molecule has 0 saturated heterocycles. The van der Waals surface area contributed by atoms with Gasteiger partial charge in [-0.15, -0.1) is 0 Å². The summed E-state index contributed by atoms with van der Waals surface area (Å²) in [5.74, 6) is 0. The largest absolute Gasteiger partial charge is 0.501 e. The van der Waals surface area contributed by atoms with Gasteiger partial charge in [-0.05, 0) is 32.4 Å². The maximum Gasteiger partial charge on any atom is 0.501 e. The van der Waals surface area contributed by atoms with E-state index < -0.39 is 26.3 Å². The second-order valence-corrected chi connectivity index (χ2v) is 6.49. The average molecular weight is 311 g/mol. The fourth-order valence-corrected chi connectivity index (χ4v) is 2.70. The van der Waals surface area contributed by atoms with Gasteiger partial charge in [0.1, 0.15) is 0 Å². The van der Waals surface area contributed by atoms with Crippen LogP contribution in [0.5, 0.6) is 0 Å². The van der Waals surface area contributed by atoms with Crippen molar-refractivity contribution in [1.29, 1.82) is 0 Å². The Morgan fingerprint density at radius 2 is 1.80 bits per heavy atom. The molecule has 20 heavy (non-hydrogen) atoms. The van der Waals surface area contributed by atoms with Crippen molar-refractivity contribution in [2.75, 3.05) is 5.32 Å². The Bertz CT molecular complexity index is 555. The van der Waals surface area contributed by atoms with Crippen molar-refractivity contribution < 1.29 is 26.7 Å². The van der Waals surface area contributed by atoms with Crippen LogP contribution >= 0.6 is 0 Å². The number of para-hydroxylation sites is 1. The first kappa shape index (κ1) is 16.8. The van der Waals surface area contributed by atoms with Gasteiger partial charge in [0, 0.05) is 6.04 Å². The van der Waals surface area contributed by atoms with Crippen LogP contribution in [0.25, 0.3) is 0 Å². The lowest BCUT2D eigenvalue weighted by Gasteiger charge is -2.19. The first-order chi connectivity index (χ1) is 9.05. The molecule has 0 aromatic heterocycles. The van der Waals surface area contributed by atoms with Crippen LogP contribution in [0.15, 0.2) is 29.2 Å². The van der Waals surface area contributed by atoms with E-state index >= 15 is 0 Å². The number of halogens is 3. The van der Waals surface area contributed by atoms with Gasteiger partial charge in [-0.25, -0.2) is 8.42 Å². The molecule has 0 bridgehead atoms. The molecule has 1 rings (SSSR count). The Morgan fingerprint density at radius 3 is 2.30 bits per heavy atom. The number of sulfone groups is 1. The van der Waals surface area contributed by atoms with Crippen LogP contribution in [-0.4, -0.2) is 31.2 Å². The minimum atomic E-state index is -5.41. The number of rotatable bonds is 5. The summed E-state index contributed by atoms with van der Waals surface area (Å²) >= 11 is 0. The zero-order chi connectivity index (χ0) is 15.6. The van der Waals surface area contributed by atoms with Crippen LogP contribution in [-0.2, 0) is 9.84 Å². The van der Waals surface area contributed by atoms with Gasteiger partial charge in [-0.1, -0.05) is 12.1 Å². The highest BCUT2D eigenvalue weighted by atomic mass is 32.2. The third kappa shape index (κ3) is 3.86. The molecule has 2 atom stereocenters. The quantitative estimate of drug-likeness (QED) is 0.877. The lowest BCUT2D eigenvalue weighted by atomic mass is 10.1. The number of anilines is 1. The van der Waals surface area contributed by atoms with Crippen molar-refractivity contribution in [3.8, 4) is 0 Å². The summed E-state index contributed by atoms with van der Waals surface area (Å²) in [5, 5.41) is 11.9. The Hall–Kier alpha value is -1.28. The molecule has 114 valence electrons. The summed E-state index contributed by atoms with van der Waals surface area (Å²) in [5.41, 5.74) is -5.48. The van der Waals surface area contributed by atoms with Crippen LogP contribution in [0.3, 0.4) is 0 Å². The van der Waals surface area contributed by atoms with Crippen LogP contribution in [0.1, 0.15) is 20.3 Å². The predicted octanol–water partition coefficient (Wildman–Crippen LogP) is 2.55. The number of hydrogen-bond donors (Lipinski definition) is 2. The fourth-order valence-electron chi connectivity index (χ4n) is 1.78. The third-order valence-electron chi connectivity index (χ3n) is 2.58. The number of hydrogen-bond acceptors (Lipinski definition) is 4. The van der Waals surface area contributed by atoms with Crippen LogP contribution < -0.4 is 5.32 Å². The topological polar surface area (TPSA) is 66.4 Å². The summed E-state index contributed by atoms with van der Waals surface area (Å²) < 4.78 is 60.7. The van der Waals surface area contributed by atoms with Gasteiger partial charge < -0.3 is 10.4 Å². The molecule has 0 saturated carbocycles. The number of benzene rings is 1. The number of nitrogens with one attached hydrogen (secondary N) is 1. The normalized spacial score (nSPS) is 15.7. The molecule has 0 aliphatic carbocycles. The number of aliphatic hydroxyl groups is 1. The summed E-state index contributed by atoms with van der Waals surface area (Å²) in [6, 6.07) is 4.45. The van der Waals surface area contributed by atoms with E-state index in [4.69, 9.17) is 0 Å². The highest BCUT2D eigenvalue weighted by Crippen LogP contribution is 2.34. The molecule has 0 aliphatic rings. The van der Waals surface area contributed by atoms with Crippen LogP contribution in [0.2, 0.25) is 0 Å².